The van der Waals surface area contributed by atoms with Gasteiger partial charge in [0.05, 0.1) is 23.9 Å². The fourth-order valence-electron chi connectivity index (χ4n) is 2.76. The van der Waals surface area contributed by atoms with Gasteiger partial charge in [0, 0.05) is 23.3 Å². The number of hydrogen-bond acceptors (Lipinski definition) is 7. The van der Waals surface area contributed by atoms with E-state index in [1.807, 2.05) is 0 Å². The molecule has 2 amide bonds. The lowest BCUT2D eigenvalue weighted by Gasteiger charge is -2.11. The Balaban J connectivity index is 1.58. The summed E-state index contributed by atoms with van der Waals surface area (Å²) in [5, 5.41) is 17.3. The number of benzene rings is 3. The first-order chi connectivity index (χ1) is 16.0. The maximum absolute atomic E-state index is 12.3. The molecule has 0 spiro atoms. The lowest BCUT2D eigenvalue weighted by molar-refractivity contribution is -0.384. The second-order valence-electron chi connectivity index (χ2n) is 6.58. The molecular weight excluding hydrogens is 428 g/mol. The summed E-state index contributed by atoms with van der Waals surface area (Å²) >= 11 is 0. The zero-order valence-electron chi connectivity index (χ0n) is 17.6. The van der Waals surface area contributed by atoms with Crippen LogP contribution in [-0.2, 0) is 4.79 Å². The number of carbonyl (C=O) groups is 2. The van der Waals surface area contributed by atoms with Crippen molar-refractivity contribution in [3.8, 4) is 11.5 Å². The van der Waals surface area contributed by atoms with Crippen LogP contribution < -0.4 is 20.2 Å². The summed E-state index contributed by atoms with van der Waals surface area (Å²) in [7, 11) is 1.51. The normalized spacial score (nSPS) is 10.5. The van der Waals surface area contributed by atoms with Gasteiger partial charge in [0.1, 0.15) is 11.5 Å². The average Bonchev–Trinajstić information content (AvgIpc) is 2.83. The molecule has 0 bridgehead atoms. The van der Waals surface area contributed by atoms with Gasteiger partial charge in [-0.15, -0.1) is 0 Å². The van der Waals surface area contributed by atoms with Crippen LogP contribution in [0.1, 0.15) is 15.9 Å². The highest BCUT2D eigenvalue weighted by Crippen LogP contribution is 2.23. The minimum absolute atomic E-state index is 0.115. The van der Waals surface area contributed by atoms with Crippen LogP contribution >= 0.6 is 0 Å². The zero-order chi connectivity index (χ0) is 23.6. The summed E-state index contributed by atoms with van der Waals surface area (Å²) in [6.45, 7) is -0.252. The van der Waals surface area contributed by atoms with E-state index in [9.17, 15) is 19.7 Å². The summed E-state index contributed by atoms with van der Waals surface area (Å²) in [6, 6.07) is 19.0. The minimum Gasteiger partial charge on any atom is -0.495 e. The molecular formula is C23H20N4O6. The molecule has 33 heavy (non-hydrogen) atoms. The molecule has 3 aromatic carbocycles. The van der Waals surface area contributed by atoms with Crippen LogP contribution in [0.3, 0.4) is 0 Å². The second-order valence-corrected chi connectivity index (χ2v) is 6.58. The van der Waals surface area contributed by atoms with Crippen molar-refractivity contribution in [1.82, 2.24) is 5.43 Å². The number of ether oxygens (including phenoxy) is 2. The molecule has 0 unspecified atom stereocenters. The van der Waals surface area contributed by atoms with Gasteiger partial charge < -0.3 is 14.8 Å². The van der Waals surface area contributed by atoms with E-state index < -0.39 is 10.8 Å². The summed E-state index contributed by atoms with van der Waals surface area (Å²) in [6.07, 6.45) is 1.37. The van der Waals surface area contributed by atoms with E-state index in [0.29, 0.717) is 22.7 Å². The van der Waals surface area contributed by atoms with E-state index in [1.54, 1.807) is 48.5 Å². The quantitative estimate of drug-likeness (QED) is 0.293. The van der Waals surface area contributed by atoms with Gasteiger partial charge >= 0.3 is 0 Å². The molecule has 3 rings (SSSR count). The van der Waals surface area contributed by atoms with E-state index in [-0.39, 0.29) is 23.8 Å². The number of methoxy groups -OCH3 is 1. The molecule has 0 atom stereocenters. The van der Waals surface area contributed by atoms with Crippen molar-refractivity contribution in [2.45, 2.75) is 0 Å². The number of hydrogen-bond donors (Lipinski definition) is 2. The smallest absolute Gasteiger partial charge is 0.271 e. The summed E-state index contributed by atoms with van der Waals surface area (Å²) in [4.78, 5) is 34.6. The van der Waals surface area contributed by atoms with E-state index in [2.05, 4.69) is 15.8 Å². The highest BCUT2D eigenvalue weighted by atomic mass is 16.6. The molecule has 0 aromatic heterocycles. The van der Waals surface area contributed by atoms with E-state index in [1.165, 1.54) is 37.6 Å². The number of non-ortho nitro benzene ring substituents is 1. The standard InChI is InChI=1S/C23H20N4O6/c1-32-21-9-5-3-7-19(21)25-22(28)15-33-20-8-4-2-6-17(20)14-24-26-23(29)16-10-12-18(13-11-16)27(30)31/h2-14H,15H2,1H3,(H,25,28)(H,26,29). The van der Waals surface area contributed by atoms with Gasteiger partial charge in [-0.05, 0) is 36.4 Å². The van der Waals surface area contributed by atoms with Crippen molar-refractivity contribution in [3.63, 3.8) is 0 Å². The molecule has 0 radical (unpaired) electrons. The van der Waals surface area contributed by atoms with Crippen molar-refractivity contribution in [1.29, 1.82) is 0 Å². The van der Waals surface area contributed by atoms with Crippen molar-refractivity contribution < 1.29 is 24.0 Å². The Morgan fingerprint density at radius 3 is 2.36 bits per heavy atom. The van der Waals surface area contributed by atoms with Gasteiger partial charge in [0.25, 0.3) is 17.5 Å². The molecule has 0 aliphatic rings. The van der Waals surface area contributed by atoms with Crippen molar-refractivity contribution in [2.75, 3.05) is 19.0 Å². The Hall–Kier alpha value is -4.73. The molecule has 10 nitrogen and oxygen atoms in total. The number of nitrogens with one attached hydrogen (secondary N) is 2. The van der Waals surface area contributed by atoms with Crippen LogP contribution in [0.15, 0.2) is 77.9 Å². The van der Waals surface area contributed by atoms with Gasteiger partial charge in [-0.3, -0.25) is 19.7 Å². The van der Waals surface area contributed by atoms with E-state index in [4.69, 9.17) is 9.47 Å². The van der Waals surface area contributed by atoms with Crippen molar-refractivity contribution in [3.05, 3.63) is 94.0 Å². The zero-order valence-corrected chi connectivity index (χ0v) is 17.6. The molecule has 10 heteroatoms. The third-order valence-corrected chi connectivity index (χ3v) is 4.37. The van der Waals surface area contributed by atoms with Gasteiger partial charge in [0.2, 0.25) is 0 Å². The summed E-state index contributed by atoms with van der Waals surface area (Å²) in [5.74, 6) is 0.0107. The SMILES string of the molecule is COc1ccccc1NC(=O)COc1ccccc1C=NNC(=O)c1ccc([N+](=O)[O-])cc1. The fraction of sp³-hybridized carbons (Fsp3) is 0.0870. The predicted molar refractivity (Wildman–Crippen MR) is 122 cm³/mol. The fourth-order valence-corrected chi connectivity index (χ4v) is 2.76. The summed E-state index contributed by atoms with van der Waals surface area (Å²) in [5.41, 5.74) is 3.51. The lowest BCUT2D eigenvalue weighted by atomic mass is 10.2. The third-order valence-electron chi connectivity index (χ3n) is 4.37. The summed E-state index contributed by atoms with van der Waals surface area (Å²) < 4.78 is 10.8. The number of nitrogens with zero attached hydrogens (tertiary/aromatic N) is 2. The Kier molecular flexibility index (Phi) is 7.68. The third kappa shape index (κ3) is 6.37. The van der Waals surface area contributed by atoms with Crippen LogP contribution in [0.4, 0.5) is 11.4 Å². The van der Waals surface area contributed by atoms with Crippen LogP contribution in [0.2, 0.25) is 0 Å². The number of nitro groups is 1. The number of carbonyl (C=O) groups excluding carboxylic acids is 2. The monoisotopic (exact) mass is 448 g/mol. The van der Waals surface area contributed by atoms with Crippen LogP contribution in [0.25, 0.3) is 0 Å². The topological polar surface area (TPSA) is 132 Å². The number of hydrazone groups is 1. The molecule has 0 saturated carbocycles. The Morgan fingerprint density at radius 2 is 1.67 bits per heavy atom. The molecule has 0 aliphatic heterocycles. The van der Waals surface area contributed by atoms with E-state index >= 15 is 0 Å². The second kappa shape index (κ2) is 11.0. The highest BCUT2D eigenvalue weighted by molar-refractivity contribution is 5.95. The van der Waals surface area contributed by atoms with Gasteiger partial charge in [-0.1, -0.05) is 24.3 Å². The van der Waals surface area contributed by atoms with Gasteiger partial charge in [-0.25, -0.2) is 5.43 Å². The molecule has 2 N–H and O–H groups in total. The maximum Gasteiger partial charge on any atom is 0.271 e. The number of para-hydroxylation sites is 3. The van der Waals surface area contributed by atoms with Gasteiger partial charge in [0.15, 0.2) is 6.61 Å². The molecule has 0 saturated heterocycles. The number of amides is 2. The lowest BCUT2D eigenvalue weighted by Crippen LogP contribution is -2.21. The predicted octanol–water partition coefficient (Wildman–Crippen LogP) is 3.38. The molecule has 0 heterocycles. The Labute approximate surface area is 189 Å². The van der Waals surface area contributed by atoms with Crippen molar-refractivity contribution >= 4 is 29.4 Å². The van der Waals surface area contributed by atoms with Crippen LogP contribution in [-0.4, -0.2) is 36.7 Å². The first kappa shape index (κ1) is 22.9. The molecule has 0 fully saturated rings. The largest absolute Gasteiger partial charge is 0.495 e. The average molecular weight is 448 g/mol. The first-order valence-corrected chi connectivity index (χ1v) is 9.70. The van der Waals surface area contributed by atoms with Crippen molar-refractivity contribution in [2.24, 2.45) is 5.10 Å². The van der Waals surface area contributed by atoms with Crippen LogP contribution in [0, 0.1) is 10.1 Å². The molecule has 0 aliphatic carbocycles. The molecule has 3 aromatic rings. The Bertz CT molecular complexity index is 1180. The minimum atomic E-state index is -0.548. The highest BCUT2D eigenvalue weighted by Gasteiger charge is 2.10. The number of nitro benzene ring substituents is 1. The number of anilines is 1. The van der Waals surface area contributed by atoms with E-state index in [0.717, 1.165) is 0 Å². The number of rotatable bonds is 9. The van der Waals surface area contributed by atoms with Gasteiger partial charge in [-0.2, -0.15) is 5.10 Å². The molecule has 168 valence electrons. The Morgan fingerprint density at radius 1 is 1.00 bits per heavy atom. The first-order valence-electron chi connectivity index (χ1n) is 9.70. The maximum atomic E-state index is 12.3. The van der Waals surface area contributed by atoms with Crippen LogP contribution in [0.5, 0.6) is 11.5 Å².